The molecule has 2 N–H and O–H groups in total. The van der Waals surface area contributed by atoms with Gasteiger partial charge in [-0.2, -0.15) is 11.8 Å². The van der Waals surface area contributed by atoms with Gasteiger partial charge in [0.15, 0.2) is 5.96 Å². The lowest BCUT2D eigenvalue weighted by Crippen LogP contribution is -2.40. The van der Waals surface area contributed by atoms with Gasteiger partial charge in [0.05, 0.1) is 0 Å². The average Bonchev–Trinajstić information content (AvgIpc) is 2.25. The molecule has 1 fully saturated rings. The minimum Gasteiger partial charge on any atom is -0.370 e. The fraction of sp³-hybridized carbons (Fsp3) is 0.900. The summed E-state index contributed by atoms with van der Waals surface area (Å²) in [5.41, 5.74) is 5.90. The summed E-state index contributed by atoms with van der Waals surface area (Å²) in [7, 11) is 0. The van der Waals surface area contributed by atoms with Crippen molar-refractivity contribution in [3.05, 3.63) is 0 Å². The van der Waals surface area contributed by atoms with Gasteiger partial charge in [0.1, 0.15) is 0 Å². The number of rotatable bonds is 4. The quantitative estimate of drug-likeness (QED) is 0.439. The zero-order valence-corrected chi connectivity index (χ0v) is 9.85. The van der Waals surface area contributed by atoms with Gasteiger partial charge in [-0.3, -0.25) is 4.99 Å². The van der Waals surface area contributed by atoms with Crippen LogP contribution in [0.15, 0.2) is 4.99 Å². The lowest BCUT2D eigenvalue weighted by molar-refractivity contribution is 0.338. The van der Waals surface area contributed by atoms with Crippen LogP contribution in [0.2, 0.25) is 0 Å². The number of guanidine groups is 1. The van der Waals surface area contributed by atoms with Crippen molar-refractivity contribution < 1.29 is 0 Å². The summed E-state index contributed by atoms with van der Waals surface area (Å²) in [6.45, 7) is 3.07. The van der Waals surface area contributed by atoms with Gasteiger partial charge in [-0.05, 0) is 37.7 Å². The van der Waals surface area contributed by atoms with Gasteiger partial charge in [0.2, 0.25) is 0 Å². The van der Waals surface area contributed by atoms with E-state index in [0.29, 0.717) is 0 Å². The van der Waals surface area contributed by atoms with Gasteiger partial charge in [-0.15, -0.1) is 0 Å². The summed E-state index contributed by atoms with van der Waals surface area (Å²) in [5, 5.41) is 0. The van der Waals surface area contributed by atoms with Crippen LogP contribution in [0.1, 0.15) is 25.7 Å². The SMILES string of the molecule is CSCCCN=C(N)N1CCCCC1. The van der Waals surface area contributed by atoms with E-state index in [9.17, 15) is 0 Å². The second-order valence-corrected chi connectivity index (χ2v) is 4.62. The summed E-state index contributed by atoms with van der Waals surface area (Å²) >= 11 is 1.87. The molecule has 0 aliphatic carbocycles. The maximum absolute atomic E-state index is 5.90. The van der Waals surface area contributed by atoms with E-state index >= 15 is 0 Å². The predicted octanol–water partition coefficient (Wildman–Crippen LogP) is 1.54. The smallest absolute Gasteiger partial charge is 0.191 e. The molecule has 0 unspecified atom stereocenters. The van der Waals surface area contributed by atoms with Crippen molar-refractivity contribution in [3.63, 3.8) is 0 Å². The lowest BCUT2D eigenvalue weighted by atomic mass is 10.1. The Hall–Kier alpha value is -0.380. The van der Waals surface area contributed by atoms with Crippen LogP contribution in [0.5, 0.6) is 0 Å². The summed E-state index contributed by atoms with van der Waals surface area (Å²) in [6, 6.07) is 0. The molecule has 0 amide bonds. The first-order valence-corrected chi connectivity index (χ1v) is 6.78. The van der Waals surface area contributed by atoms with Crippen LogP contribution in [0, 0.1) is 0 Å². The van der Waals surface area contributed by atoms with Crippen molar-refractivity contribution in [1.82, 2.24) is 4.90 Å². The number of nitrogens with zero attached hydrogens (tertiary/aromatic N) is 2. The molecular formula is C10H21N3S. The van der Waals surface area contributed by atoms with E-state index in [1.165, 1.54) is 25.0 Å². The summed E-state index contributed by atoms with van der Waals surface area (Å²) in [4.78, 5) is 6.60. The Morgan fingerprint density at radius 3 is 2.71 bits per heavy atom. The number of thioether (sulfide) groups is 1. The largest absolute Gasteiger partial charge is 0.370 e. The van der Waals surface area contributed by atoms with Crippen LogP contribution in [0.3, 0.4) is 0 Å². The minimum atomic E-state index is 0.755. The molecule has 0 aromatic heterocycles. The molecule has 1 aliphatic rings. The van der Waals surface area contributed by atoms with Gasteiger partial charge in [-0.1, -0.05) is 0 Å². The Bertz CT molecular complexity index is 176. The fourth-order valence-corrected chi connectivity index (χ4v) is 2.04. The van der Waals surface area contributed by atoms with Crippen LogP contribution in [0.4, 0.5) is 0 Å². The number of hydrogen-bond donors (Lipinski definition) is 1. The van der Waals surface area contributed by atoms with Gasteiger partial charge in [0.25, 0.3) is 0 Å². The molecular weight excluding hydrogens is 194 g/mol. The van der Waals surface area contributed by atoms with Gasteiger partial charge >= 0.3 is 0 Å². The van der Waals surface area contributed by atoms with E-state index in [4.69, 9.17) is 5.73 Å². The molecule has 82 valence electrons. The second-order valence-electron chi connectivity index (χ2n) is 3.63. The van der Waals surface area contributed by atoms with Gasteiger partial charge in [-0.25, -0.2) is 0 Å². The molecule has 1 aliphatic heterocycles. The first-order chi connectivity index (χ1) is 6.84. The van der Waals surface area contributed by atoms with Gasteiger partial charge in [0, 0.05) is 19.6 Å². The average molecular weight is 215 g/mol. The second kappa shape index (κ2) is 6.98. The molecule has 14 heavy (non-hydrogen) atoms. The van der Waals surface area contributed by atoms with E-state index in [2.05, 4.69) is 16.1 Å². The Balaban J connectivity index is 2.20. The van der Waals surface area contributed by atoms with Crippen molar-refractivity contribution in [2.75, 3.05) is 31.6 Å². The Morgan fingerprint density at radius 2 is 2.07 bits per heavy atom. The van der Waals surface area contributed by atoms with E-state index in [-0.39, 0.29) is 0 Å². The van der Waals surface area contributed by atoms with Gasteiger partial charge < -0.3 is 10.6 Å². The first kappa shape index (κ1) is 11.7. The number of likely N-dealkylation sites (tertiary alicyclic amines) is 1. The molecule has 0 bridgehead atoms. The Labute approximate surface area is 91.1 Å². The Kier molecular flexibility index (Phi) is 5.83. The number of piperidine rings is 1. The number of nitrogens with two attached hydrogens (primary N) is 1. The molecule has 1 heterocycles. The fourth-order valence-electron chi connectivity index (χ4n) is 1.63. The van der Waals surface area contributed by atoms with Crippen LogP contribution in [-0.2, 0) is 0 Å². The molecule has 0 atom stereocenters. The molecule has 0 saturated carbocycles. The number of aliphatic imine (C=N–C) groups is 1. The highest BCUT2D eigenvalue weighted by molar-refractivity contribution is 7.98. The maximum Gasteiger partial charge on any atom is 0.191 e. The molecule has 0 aromatic rings. The monoisotopic (exact) mass is 215 g/mol. The van der Waals surface area contributed by atoms with Crippen LogP contribution in [0.25, 0.3) is 0 Å². The number of hydrogen-bond acceptors (Lipinski definition) is 2. The van der Waals surface area contributed by atoms with E-state index in [1.54, 1.807) is 0 Å². The zero-order valence-electron chi connectivity index (χ0n) is 9.04. The zero-order chi connectivity index (χ0) is 10.2. The molecule has 1 saturated heterocycles. The van der Waals surface area contributed by atoms with Crippen molar-refractivity contribution >= 4 is 17.7 Å². The third-order valence-corrected chi connectivity index (χ3v) is 3.16. The molecule has 0 aromatic carbocycles. The van der Waals surface area contributed by atoms with Crippen LogP contribution >= 0.6 is 11.8 Å². The third-order valence-electron chi connectivity index (χ3n) is 2.46. The summed E-state index contributed by atoms with van der Waals surface area (Å²) in [6.07, 6.45) is 7.13. The highest BCUT2D eigenvalue weighted by Gasteiger charge is 2.11. The topological polar surface area (TPSA) is 41.6 Å². The molecule has 0 radical (unpaired) electrons. The van der Waals surface area contributed by atoms with E-state index in [1.807, 2.05) is 11.8 Å². The van der Waals surface area contributed by atoms with Crippen molar-refractivity contribution in [2.45, 2.75) is 25.7 Å². The van der Waals surface area contributed by atoms with Crippen molar-refractivity contribution in [3.8, 4) is 0 Å². The van der Waals surface area contributed by atoms with Crippen LogP contribution < -0.4 is 5.73 Å². The standard InChI is InChI=1S/C10H21N3S/c1-14-9-5-6-12-10(11)13-7-3-2-4-8-13/h2-9H2,1H3,(H2,11,12). The van der Waals surface area contributed by atoms with Crippen LogP contribution in [-0.4, -0.2) is 42.5 Å². The molecule has 4 heteroatoms. The third kappa shape index (κ3) is 4.22. The van der Waals surface area contributed by atoms with E-state index < -0.39 is 0 Å². The summed E-state index contributed by atoms with van der Waals surface area (Å²) < 4.78 is 0. The van der Waals surface area contributed by atoms with Crippen molar-refractivity contribution in [1.29, 1.82) is 0 Å². The molecule has 3 nitrogen and oxygen atoms in total. The first-order valence-electron chi connectivity index (χ1n) is 5.38. The maximum atomic E-state index is 5.90. The van der Waals surface area contributed by atoms with E-state index in [0.717, 1.165) is 32.0 Å². The summed E-state index contributed by atoms with van der Waals surface area (Å²) in [5.74, 6) is 1.93. The molecule has 0 spiro atoms. The van der Waals surface area contributed by atoms with Crippen molar-refractivity contribution in [2.24, 2.45) is 10.7 Å². The lowest BCUT2D eigenvalue weighted by Gasteiger charge is -2.27. The molecule has 1 rings (SSSR count). The highest BCUT2D eigenvalue weighted by Crippen LogP contribution is 2.07. The minimum absolute atomic E-state index is 0.755. The highest BCUT2D eigenvalue weighted by atomic mass is 32.2. The normalized spacial score (nSPS) is 18.6. The Morgan fingerprint density at radius 1 is 1.36 bits per heavy atom. The predicted molar refractivity (Wildman–Crippen MR) is 64.9 cm³/mol.